The molecule has 0 aromatic heterocycles. The third-order valence-electron chi connectivity index (χ3n) is 4.64. The second-order valence-electron chi connectivity index (χ2n) is 6.77. The van der Waals surface area contributed by atoms with E-state index in [1.807, 2.05) is 24.3 Å². The Bertz CT molecular complexity index is 954. The Morgan fingerprint density at radius 2 is 1.60 bits per heavy atom. The molecule has 2 aromatic rings. The van der Waals surface area contributed by atoms with E-state index in [0.29, 0.717) is 18.8 Å². The van der Waals surface area contributed by atoms with E-state index >= 15 is 0 Å². The minimum absolute atomic E-state index is 0.0146. The van der Waals surface area contributed by atoms with Gasteiger partial charge in [0.1, 0.15) is 6.61 Å². The lowest BCUT2D eigenvalue weighted by molar-refractivity contribution is 0.142. The van der Waals surface area contributed by atoms with Gasteiger partial charge >= 0.3 is 16.3 Å². The Morgan fingerprint density at radius 3 is 2.20 bits per heavy atom. The van der Waals surface area contributed by atoms with Crippen molar-refractivity contribution in [2.24, 2.45) is 0 Å². The van der Waals surface area contributed by atoms with Gasteiger partial charge in [-0.15, -0.1) is 0 Å². The van der Waals surface area contributed by atoms with Gasteiger partial charge in [0.25, 0.3) is 0 Å². The summed E-state index contributed by atoms with van der Waals surface area (Å²) < 4.78 is 44.5. The van der Waals surface area contributed by atoms with Crippen LogP contribution in [-0.4, -0.2) is 50.0 Å². The molecule has 0 atom stereocenters. The highest BCUT2D eigenvalue weighted by Crippen LogP contribution is 2.29. The number of benzene rings is 2. The molecule has 162 valence electrons. The van der Waals surface area contributed by atoms with Gasteiger partial charge in [0.2, 0.25) is 0 Å². The van der Waals surface area contributed by atoms with Gasteiger partial charge in [-0.25, -0.2) is 4.79 Å². The zero-order valence-electron chi connectivity index (χ0n) is 17.1. The van der Waals surface area contributed by atoms with Crippen molar-refractivity contribution in [2.45, 2.75) is 26.4 Å². The zero-order valence-corrected chi connectivity index (χ0v) is 17.9. The Morgan fingerprint density at radius 1 is 1.00 bits per heavy atom. The molecular formula is C21H26N2O6S. The molecule has 0 bridgehead atoms. The normalized spacial score (nSPS) is 13.7. The van der Waals surface area contributed by atoms with Gasteiger partial charge in [-0.3, -0.25) is 0 Å². The molecule has 0 spiro atoms. The van der Waals surface area contributed by atoms with Crippen LogP contribution in [0.5, 0.6) is 11.5 Å². The maximum atomic E-state index is 13.2. The largest absolute Gasteiger partial charge is 0.487 e. The average molecular weight is 435 g/mol. The number of ether oxygens (including phenoxy) is 3. The van der Waals surface area contributed by atoms with Gasteiger partial charge in [0, 0.05) is 26.7 Å². The van der Waals surface area contributed by atoms with E-state index in [1.165, 1.54) is 4.31 Å². The summed E-state index contributed by atoms with van der Waals surface area (Å²) in [6.07, 6.45) is -0.503. The molecule has 0 saturated carbocycles. The molecule has 0 radical (unpaired) electrons. The smallest absolute Gasteiger partial charge is 0.430 e. The zero-order chi connectivity index (χ0) is 21.6. The standard InChI is InChI=1S/C21H26N2O6S/c1-3-12-23(30(25,26)22-15-17-8-4-5-9-18(17)16-22)21(24)29-20-11-7-6-10-19(20)28-14-13-27-2/h4-11H,3,12-16H2,1-2H3. The molecule has 8 nitrogen and oxygen atoms in total. The van der Waals surface area contributed by atoms with Gasteiger partial charge in [-0.05, 0) is 29.7 Å². The van der Waals surface area contributed by atoms with Crippen LogP contribution in [0.15, 0.2) is 48.5 Å². The maximum Gasteiger partial charge on any atom is 0.430 e. The summed E-state index contributed by atoms with van der Waals surface area (Å²) in [4.78, 5) is 12.9. The maximum absolute atomic E-state index is 13.2. The summed E-state index contributed by atoms with van der Waals surface area (Å²) in [5.74, 6) is 0.491. The monoisotopic (exact) mass is 434 g/mol. The summed E-state index contributed by atoms with van der Waals surface area (Å²) in [6.45, 7) is 2.91. The van der Waals surface area contributed by atoms with E-state index in [9.17, 15) is 13.2 Å². The van der Waals surface area contributed by atoms with Crippen LogP contribution in [0.3, 0.4) is 0 Å². The van der Waals surface area contributed by atoms with Crippen LogP contribution in [0.2, 0.25) is 0 Å². The third-order valence-corrected chi connectivity index (χ3v) is 6.44. The van der Waals surface area contributed by atoms with E-state index in [1.54, 1.807) is 38.3 Å². The molecule has 1 amide bonds. The quantitative estimate of drug-likeness (QED) is 0.564. The SMILES string of the molecule is CCCN(C(=O)Oc1ccccc1OCCOC)S(=O)(=O)N1Cc2ccccc2C1. The van der Waals surface area contributed by atoms with Gasteiger partial charge in [0.05, 0.1) is 6.61 Å². The van der Waals surface area contributed by atoms with Gasteiger partial charge in [0.15, 0.2) is 11.5 Å². The number of methoxy groups -OCH3 is 1. The molecule has 1 heterocycles. The van der Waals surface area contributed by atoms with E-state index in [-0.39, 0.29) is 32.0 Å². The number of para-hydroxylation sites is 2. The predicted molar refractivity (Wildman–Crippen MR) is 111 cm³/mol. The number of nitrogens with zero attached hydrogens (tertiary/aromatic N) is 2. The van der Waals surface area contributed by atoms with Gasteiger partial charge in [-0.1, -0.05) is 43.3 Å². The third kappa shape index (κ3) is 4.92. The lowest BCUT2D eigenvalue weighted by Gasteiger charge is -2.26. The summed E-state index contributed by atoms with van der Waals surface area (Å²) >= 11 is 0. The second kappa shape index (κ2) is 9.92. The van der Waals surface area contributed by atoms with Crippen LogP contribution in [0.1, 0.15) is 24.5 Å². The first-order valence-corrected chi connectivity index (χ1v) is 11.1. The molecule has 0 N–H and O–H groups in total. The van der Waals surface area contributed by atoms with Crippen molar-refractivity contribution in [2.75, 3.05) is 26.9 Å². The number of carbonyl (C=O) groups is 1. The predicted octanol–water partition coefficient (Wildman–Crippen LogP) is 3.18. The lowest BCUT2D eigenvalue weighted by atomic mass is 10.1. The summed E-state index contributed by atoms with van der Waals surface area (Å²) in [5.41, 5.74) is 1.87. The fourth-order valence-electron chi connectivity index (χ4n) is 3.14. The molecular weight excluding hydrogens is 408 g/mol. The Balaban J connectivity index is 1.77. The van der Waals surface area contributed by atoms with E-state index in [2.05, 4.69) is 0 Å². The molecule has 9 heteroatoms. The van der Waals surface area contributed by atoms with E-state index < -0.39 is 16.3 Å². The molecule has 3 rings (SSSR count). The minimum Gasteiger partial charge on any atom is -0.487 e. The van der Waals surface area contributed by atoms with Crippen LogP contribution >= 0.6 is 0 Å². The van der Waals surface area contributed by atoms with Crippen molar-refractivity contribution in [3.63, 3.8) is 0 Å². The number of hydrogen-bond donors (Lipinski definition) is 0. The second-order valence-corrected chi connectivity index (χ2v) is 8.63. The number of hydrogen-bond acceptors (Lipinski definition) is 6. The van der Waals surface area contributed by atoms with Crippen LogP contribution < -0.4 is 9.47 Å². The Labute approximate surface area is 177 Å². The Kier molecular flexibility index (Phi) is 7.30. The topological polar surface area (TPSA) is 85.4 Å². The highest BCUT2D eigenvalue weighted by atomic mass is 32.2. The van der Waals surface area contributed by atoms with Gasteiger partial charge < -0.3 is 14.2 Å². The van der Waals surface area contributed by atoms with Crippen LogP contribution in [-0.2, 0) is 28.0 Å². The Hall–Kier alpha value is -2.62. The lowest BCUT2D eigenvalue weighted by Crippen LogP contribution is -2.46. The highest BCUT2D eigenvalue weighted by Gasteiger charge is 2.37. The highest BCUT2D eigenvalue weighted by molar-refractivity contribution is 7.87. The summed E-state index contributed by atoms with van der Waals surface area (Å²) in [6, 6.07) is 14.1. The van der Waals surface area contributed by atoms with Crippen LogP contribution in [0, 0.1) is 0 Å². The molecule has 1 aliphatic rings. The number of amides is 1. The molecule has 30 heavy (non-hydrogen) atoms. The molecule has 2 aromatic carbocycles. The van der Waals surface area contributed by atoms with Gasteiger partial charge in [-0.2, -0.15) is 17.0 Å². The number of fused-ring (bicyclic) bond motifs is 1. The molecule has 0 saturated heterocycles. The van der Waals surface area contributed by atoms with E-state index in [0.717, 1.165) is 15.4 Å². The summed E-state index contributed by atoms with van der Waals surface area (Å²) in [5, 5.41) is 0. The average Bonchev–Trinajstić information content (AvgIpc) is 3.18. The number of carbonyl (C=O) groups excluding carboxylic acids is 1. The van der Waals surface area contributed by atoms with Crippen molar-refractivity contribution in [3.8, 4) is 11.5 Å². The van der Waals surface area contributed by atoms with Crippen molar-refractivity contribution < 1.29 is 27.4 Å². The molecule has 1 aliphatic heterocycles. The summed E-state index contributed by atoms with van der Waals surface area (Å²) in [7, 11) is -2.50. The van der Waals surface area contributed by atoms with Crippen molar-refractivity contribution >= 4 is 16.3 Å². The fraction of sp³-hybridized carbons (Fsp3) is 0.381. The van der Waals surface area contributed by atoms with Crippen molar-refractivity contribution in [1.82, 2.24) is 8.61 Å². The first-order chi connectivity index (χ1) is 14.5. The molecule has 0 aliphatic carbocycles. The number of rotatable bonds is 9. The van der Waals surface area contributed by atoms with E-state index in [4.69, 9.17) is 14.2 Å². The first-order valence-electron chi connectivity index (χ1n) is 9.74. The van der Waals surface area contributed by atoms with Crippen LogP contribution in [0.25, 0.3) is 0 Å². The molecule has 0 unspecified atom stereocenters. The first kappa shape index (κ1) is 22.1. The van der Waals surface area contributed by atoms with Crippen LogP contribution in [0.4, 0.5) is 4.79 Å². The van der Waals surface area contributed by atoms with Crippen molar-refractivity contribution in [3.05, 3.63) is 59.7 Å². The minimum atomic E-state index is -4.05. The van der Waals surface area contributed by atoms with Crippen molar-refractivity contribution in [1.29, 1.82) is 0 Å². The molecule has 0 fully saturated rings. The fourth-order valence-corrected chi connectivity index (χ4v) is 4.66.